The van der Waals surface area contributed by atoms with Gasteiger partial charge in [0.05, 0.1) is 0 Å². The molecular formula is C11H21NO. The van der Waals surface area contributed by atoms with E-state index in [-0.39, 0.29) is 0 Å². The minimum atomic E-state index is 0.468. The summed E-state index contributed by atoms with van der Waals surface area (Å²) in [5.41, 5.74) is 6.10. The maximum absolute atomic E-state index is 6.10. The van der Waals surface area contributed by atoms with Crippen LogP contribution in [-0.2, 0) is 4.74 Å². The van der Waals surface area contributed by atoms with Crippen LogP contribution in [0.25, 0.3) is 0 Å². The Kier molecular flexibility index (Phi) is 3.23. The fourth-order valence-electron chi connectivity index (χ4n) is 2.29. The lowest BCUT2D eigenvalue weighted by Gasteiger charge is -2.24. The molecule has 0 aromatic carbocycles. The van der Waals surface area contributed by atoms with Crippen LogP contribution in [0, 0.1) is 11.8 Å². The lowest BCUT2D eigenvalue weighted by Crippen LogP contribution is -2.27. The van der Waals surface area contributed by atoms with Crippen LogP contribution >= 0.6 is 0 Å². The third-order valence-corrected chi connectivity index (χ3v) is 3.31. The average molecular weight is 183 g/mol. The van der Waals surface area contributed by atoms with Crippen molar-refractivity contribution >= 4 is 0 Å². The highest BCUT2D eigenvalue weighted by Crippen LogP contribution is 2.34. The van der Waals surface area contributed by atoms with Gasteiger partial charge in [-0.2, -0.15) is 0 Å². The van der Waals surface area contributed by atoms with Gasteiger partial charge in [0.2, 0.25) is 0 Å². The highest BCUT2D eigenvalue weighted by molar-refractivity contribution is 4.80. The zero-order valence-electron chi connectivity index (χ0n) is 8.37. The molecule has 2 rings (SSSR count). The Balaban J connectivity index is 1.62. The van der Waals surface area contributed by atoms with Crippen LogP contribution in [0.4, 0.5) is 0 Å². The van der Waals surface area contributed by atoms with Crippen LogP contribution in [-0.4, -0.2) is 19.3 Å². The van der Waals surface area contributed by atoms with Gasteiger partial charge in [0.1, 0.15) is 0 Å². The number of hydrogen-bond acceptors (Lipinski definition) is 2. The molecule has 1 saturated heterocycles. The predicted octanol–water partition coefficient (Wildman–Crippen LogP) is 1.93. The molecule has 2 N–H and O–H groups in total. The normalized spacial score (nSPS) is 27.5. The van der Waals surface area contributed by atoms with Crippen LogP contribution in [0.5, 0.6) is 0 Å². The Morgan fingerprint density at radius 2 is 1.54 bits per heavy atom. The maximum Gasteiger partial charge on any atom is 0.0468 e. The number of rotatable bonds is 4. The van der Waals surface area contributed by atoms with Crippen LogP contribution in [0.3, 0.4) is 0 Å². The van der Waals surface area contributed by atoms with Gasteiger partial charge in [-0.3, -0.25) is 0 Å². The molecular weight excluding hydrogens is 162 g/mol. The second-order valence-corrected chi connectivity index (χ2v) is 4.73. The van der Waals surface area contributed by atoms with Crippen molar-refractivity contribution in [3.05, 3.63) is 0 Å². The van der Waals surface area contributed by atoms with E-state index in [1.54, 1.807) is 0 Å². The summed E-state index contributed by atoms with van der Waals surface area (Å²) in [6.45, 7) is 1.92. The minimum absolute atomic E-state index is 0.468. The Labute approximate surface area is 80.8 Å². The summed E-state index contributed by atoms with van der Waals surface area (Å²) in [4.78, 5) is 0. The number of hydrogen-bond donors (Lipinski definition) is 1. The van der Waals surface area contributed by atoms with E-state index in [1.165, 1.54) is 38.5 Å². The summed E-state index contributed by atoms with van der Waals surface area (Å²) in [5, 5.41) is 0. The van der Waals surface area contributed by atoms with E-state index >= 15 is 0 Å². The van der Waals surface area contributed by atoms with Gasteiger partial charge < -0.3 is 10.5 Å². The predicted molar refractivity (Wildman–Crippen MR) is 53.5 cm³/mol. The molecule has 1 atom stereocenters. The van der Waals surface area contributed by atoms with Crippen molar-refractivity contribution in [3.8, 4) is 0 Å². The molecule has 1 heterocycles. The van der Waals surface area contributed by atoms with Gasteiger partial charge in [0, 0.05) is 19.3 Å². The molecule has 2 heteroatoms. The van der Waals surface area contributed by atoms with Crippen molar-refractivity contribution in [2.24, 2.45) is 17.6 Å². The molecule has 2 nitrogen and oxygen atoms in total. The lowest BCUT2D eigenvalue weighted by molar-refractivity contribution is 0.0614. The molecule has 13 heavy (non-hydrogen) atoms. The zero-order chi connectivity index (χ0) is 9.10. The number of nitrogens with two attached hydrogens (primary N) is 1. The van der Waals surface area contributed by atoms with E-state index in [4.69, 9.17) is 10.5 Å². The smallest absolute Gasteiger partial charge is 0.0468 e. The van der Waals surface area contributed by atoms with Gasteiger partial charge >= 0.3 is 0 Å². The molecule has 1 unspecified atom stereocenters. The van der Waals surface area contributed by atoms with Crippen molar-refractivity contribution in [3.63, 3.8) is 0 Å². The van der Waals surface area contributed by atoms with Gasteiger partial charge in [0.25, 0.3) is 0 Å². The molecule has 2 aliphatic rings. The molecule has 0 amide bonds. The van der Waals surface area contributed by atoms with Gasteiger partial charge in [-0.15, -0.1) is 0 Å². The summed E-state index contributed by atoms with van der Waals surface area (Å²) in [6.07, 6.45) is 7.84. The number of ether oxygens (including phenoxy) is 1. The Bertz CT molecular complexity index is 150. The van der Waals surface area contributed by atoms with Crippen molar-refractivity contribution < 1.29 is 4.74 Å². The molecule has 0 bridgehead atoms. The second-order valence-electron chi connectivity index (χ2n) is 4.73. The van der Waals surface area contributed by atoms with Gasteiger partial charge in [-0.25, -0.2) is 0 Å². The SMILES string of the molecule is NC(CC1CCOCC1)CC1CC1. The molecule has 0 spiro atoms. The van der Waals surface area contributed by atoms with Crippen LogP contribution in [0.15, 0.2) is 0 Å². The van der Waals surface area contributed by atoms with E-state index in [2.05, 4.69) is 0 Å². The molecule has 0 aromatic heterocycles. The van der Waals surface area contributed by atoms with E-state index in [9.17, 15) is 0 Å². The van der Waals surface area contributed by atoms with Gasteiger partial charge in [-0.1, -0.05) is 12.8 Å². The molecule has 0 aromatic rings. The highest BCUT2D eigenvalue weighted by Gasteiger charge is 2.25. The van der Waals surface area contributed by atoms with Gasteiger partial charge in [-0.05, 0) is 37.5 Å². The summed E-state index contributed by atoms with van der Waals surface area (Å²) in [5.74, 6) is 1.83. The molecule has 2 fully saturated rings. The van der Waals surface area contributed by atoms with Crippen LogP contribution < -0.4 is 5.73 Å². The van der Waals surface area contributed by atoms with E-state index < -0.39 is 0 Å². The third-order valence-electron chi connectivity index (χ3n) is 3.31. The van der Waals surface area contributed by atoms with Crippen LogP contribution in [0.1, 0.15) is 38.5 Å². The van der Waals surface area contributed by atoms with E-state index in [0.717, 1.165) is 25.0 Å². The first kappa shape index (κ1) is 9.47. The summed E-state index contributed by atoms with van der Waals surface area (Å²) >= 11 is 0. The summed E-state index contributed by atoms with van der Waals surface area (Å²) in [7, 11) is 0. The first-order chi connectivity index (χ1) is 6.34. The largest absolute Gasteiger partial charge is 0.381 e. The second kappa shape index (κ2) is 4.43. The van der Waals surface area contributed by atoms with E-state index in [0.29, 0.717) is 6.04 Å². The standard InChI is InChI=1S/C11H21NO/c12-11(7-9-1-2-9)8-10-3-5-13-6-4-10/h9-11H,1-8,12H2. The van der Waals surface area contributed by atoms with Crippen molar-refractivity contribution in [1.29, 1.82) is 0 Å². The Morgan fingerprint density at radius 1 is 1.00 bits per heavy atom. The molecule has 76 valence electrons. The third kappa shape index (κ3) is 3.28. The monoisotopic (exact) mass is 183 g/mol. The first-order valence-corrected chi connectivity index (χ1v) is 5.68. The first-order valence-electron chi connectivity index (χ1n) is 5.68. The van der Waals surface area contributed by atoms with E-state index in [1.807, 2.05) is 0 Å². The maximum atomic E-state index is 6.10. The fourth-order valence-corrected chi connectivity index (χ4v) is 2.29. The van der Waals surface area contributed by atoms with Crippen molar-refractivity contribution in [2.75, 3.05) is 13.2 Å². The summed E-state index contributed by atoms with van der Waals surface area (Å²) in [6, 6.07) is 0.468. The molecule has 1 aliphatic carbocycles. The van der Waals surface area contributed by atoms with Crippen LogP contribution in [0.2, 0.25) is 0 Å². The Morgan fingerprint density at radius 3 is 2.08 bits per heavy atom. The molecule has 0 radical (unpaired) electrons. The van der Waals surface area contributed by atoms with Crippen molar-refractivity contribution in [2.45, 2.75) is 44.6 Å². The lowest BCUT2D eigenvalue weighted by atomic mass is 9.91. The van der Waals surface area contributed by atoms with Crippen molar-refractivity contribution in [1.82, 2.24) is 0 Å². The quantitative estimate of drug-likeness (QED) is 0.723. The summed E-state index contributed by atoms with van der Waals surface area (Å²) < 4.78 is 5.33. The average Bonchev–Trinajstić information content (AvgIpc) is 2.90. The molecule has 1 saturated carbocycles. The molecule has 1 aliphatic heterocycles. The fraction of sp³-hybridized carbons (Fsp3) is 1.00. The Hall–Kier alpha value is -0.0800. The highest BCUT2D eigenvalue weighted by atomic mass is 16.5. The zero-order valence-corrected chi connectivity index (χ0v) is 8.37. The minimum Gasteiger partial charge on any atom is -0.381 e. The van der Waals surface area contributed by atoms with Gasteiger partial charge in [0.15, 0.2) is 0 Å². The topological polar surface area (TPSA) is 35.2 Å².